The maximum Gasteiger partial charge on any atom is 0.138 e. The van der Waals surface area contributed by atoms with Crippen LogP contribution in [-0.2, 0) is 0 Å². The van der Waals surface area contributed by atoms with E-state index in [4.69, 9.17) is 4.74 Å². The van der Waals surface area contributed by atoms with Crippen molar-refractivity contribution >= 4 is 27.4 Å². The molecule has 0 amide bonds. The van der Waals surface area contributed by atoms with Crippen molar-refractivity contribution in [3.05, 3.63) is 72.6 Å². The molecule has 0 radical (unpaired) electrons. The molecule has 4 rings (SSSR count). The third-order valence-electron chi connectivity index (χ3n) is 4.97. The molecule has 1 N–H and O–H groups in total. The van der Waals surface area contributed by atoms with Gasteiger partial charge >= 0.3 is 0 Å². The van der Waals surface area contributed by atoms with E-state index in [0.717, 1.165) is 28.3 Å². The molecule has 0 aliphatic rings. The molecule has 29 heavy (non-hydrogen) atoms. The van der Waals surface area contributed by atoms with Gasteiger partial charge in [0.2, 0.25) is 0 Å². The summed E-state index contributed by atoms with van der Waals surface area (Å²) in [6, 6.07) is 21.0. The summed E-state index contributed by atoms with van der Waals surface area (Å²) >= 11 is 1.69. The highest BCUT2D eigenvalue weighted by molar-refractivity contribution is 7.21. The van der Waals surface area contributed by atoms with Crippen LogP contribution < -0.4 is 10.1 Å². The first kappa shape index (κ1) is 19.4. The van der Waals surface area contributed by atoms with Crippen molar-refractivity contribution in [3.63, 3.8) is 0 Å². The van der Waals surface area contributed by atoms with Crippen LogP contribution in [0.4, 0.5) is 5.82 Å². The number of ether oxygens (including phenoxy) is 1. The predicted octanol–water partition coefficient (Wildman–Crippen LogP) is 5.08. The lowest BCUT2D eigenvalue weighted by atomic mass is 10.1. The quantitative estimate of drug-likeness (QED) is 0.465. The summed E-state index contributed by atoms with van der Waals surface area (Å²) in [5.74, 6) is 1.73. The number of thiophene rings is 1. The molecule has 2 aromatic carbocycles. The molecule has 0 fully saturated rings. The number of benzene rings is 2. The average molecular weight is 405 g/mol. The van der Waals surface area contributed by atoms with Crippen LogP contribution in [0.3, 0.4) is 0 Å². The lowest BCUT2D eigenvalue weighted by Crippen LogP contribution is -2.27. The summed E-state index contributed by atoms with van der Waals surface area (Å²) in [5, 5.41) is 4.60. The molecule has 0 bridgehead atoms. The third kappa shape index (κ3) is 4.23. The van der Waals surface area contributed by atoms with Gasteiger partial charge in [-0.1, -0.05) is 42.5 Å². The molecule has 1 unspecified atom stereocenters. The van der Waals surface area contributed by atoms with Gasteiger partial charge in [-0.3, -0.25) is 0 Å². The van der Waals surface area contributed by atoms with E-state index in [2.05, 4.69) is 76.7 Å². The third-order valence-corrected chi connectivity index (χ3v) is 6.07. The van der Waals surface area contributed by atoms with E-state index < -0.39 is 0 Å². The summed E-state index contributed by atoms with van der Waals surface area (Å²) < 4.78 is 5.28. The number of fused-ring (bicyclic) bond motifs is 1. The molecule has 0 aliphatic heterocycles. The number of anilines is 1. The number of nitrogens with one attached hydrogen (secondary N) is 1. The van der Waals surface area contributed by atoms with E-state index >= 15 is 0 Å². The Labute approximate surface area is 175 Å². The fourth-order valence-electron chi connectivity index (χ4n) is 3.36. The number of hydrogen-bond donors (Lipinski definition) is 1. The minimum Gasteiger partial charge on any atom is -0.497 e. The highest BCUT2D eigenvalue weighted by atomic mass is 32.1. The minimum atomic E-state index is 0.207. The van der Waals surface area contributed by atoms with E-state index in [0.29, 0.717) is 0 Å². The molecule has 6 heteroatoms. The minimum absolute atomic E-state index is 0.207. The lowest BCUT2D eigenvalue weighted by Gasteiger charge is -2.25. The first-order valence-corrected chi connectivity index (χ1v) is 10.3. The van der Waals surface area contributed by atoms with Gasteiger partial charge in [0.25, 0.3) is 0 Å². The van der Waals surface area contributed by atoms with Gasteiger partial charge in [-0.2, -0.15) is 0 Å². The molecule has 0 aliphatic carbocycles. The largest absolute Gasteiger partial charge is 0.497 e. The summed E-state index contributed by atoms with van der Waals surface area (Å²) in [4.78, 5) is 13.4. The molecular weight excluding hydrogens is 380 g/mol. The molecule has 0 saturated carbocycles. The van der Waals surface area contributed by atoms with Crippen LogP contribution in [0, 0.1) is 0 Å². The van der Waals surface area contributed by atoms with Crippen LogP contribution in [0.1, 0.15) is 11.6 Å². The van der Waals surface area contributed by atoms with E-state index in [-0.39, 0.29) is 6.04 Å². The van der Waals surface area contributed by atoms with Crippen molar-refractivity contribution in [1.82, 2.24) is 14.9 Å². The topological polar surface area (TPSA) is 50.3 Å². The van der Waals surface area contributed by atoms with Crippen LogP contribution >= 0.6 is 11.3 Å². The van der Waals surface area contributed by atoms with Crippen molar-refractivity contribution in [2.75, 3.05) is 33.1 Å². The van der Waals surface area contributed by atoms with Gasteiger partial charge in [-0.15, -0.1) is 11.3 Å². The van der Waals surface area contributed by atoms with Crippen molar-refractivity contribution in [2.24, 2.45) is 0 Å². The Morgan fingerprint density at radius 1 is 1.03 bits per heavy atom. The molecule has 4 aromatic rings. The fraction of sp³-hybridized carbons (Fsp3) is 0.217. The highest BCUT2D eigenvalue weighted by Gasteiger charge is 2.16. The molecule has 2 heterocycles. The standard InChI is InChI=1S/C23H24N4OS/c1-27(2)20(16-9-11-18(28-3)12-10-16)14-24-22-19-13-21(17-7-5-4-6-8-17)29-23(19)26-15-25-22/h4-13,15,20H,14H2,1-3H3,(H,24,25,26). The summed E-state index contributed by atoms with van der Waals surface area (Å²) in [6.07, 6.45) is 1.63. The summed E-state index contributed by atoms with van der Waals surface area (Å²) in [7, 11) is 5.86. The number of rotatable bonds is 7. The van der Waals surface area contributed by atoms with Crippen molar-refractivity contribution < 1.29 is 4.74 Å². The second-order valence-corrected chi connectivity index (χ2v) is 8.08. The molecular formula is C23H24N4OS. The average Bonchev–Trinajstić information content (AvgIpc) is 3.20. The monoisotopic (exact) mass is 404 g/mol. The normalized spacial score (nSPS) is 12.3. The first-order chi connectivity index (χ1) is 14.2. The SMILES string of the molecule is COc1ccc(C(CNc2ncnc3sc(-c4ccccc4)cc23)N(C)C)cc1. The van der Waals surface area contributed by atoms with Gasteiger partial charge in [0.15, 0.2) is 0 Å². The molecule has 148 valence electrons. The Hall–Kier alpha value is -2.96. The zero-order valence-corrected chi connectivity index (χ0v) is 17.6. The Balaban J connectivity index is 1.58. The van der Waals surface area contributed by atoms with Gasteiger partial charge in [0.05, 0.1) is 18.5 Å². The van der Waals surface area contributed by atoms with Crippen LogP contribution in [0.2, 0.25) is 0 Å². The second kappa shape index (κ2) is 8.59. The smallest absolute Gasteiger partial charge is 0.138 e. The molecule has 5 nitrogen and oxygen atoms in total. The molecule has 0 saturated heterocycles. The Morgan fingerprint density at radius 3 is 2.48 bits per heavy atom. The van der Waals surface area contributed by atoms with Gasteiger partial charge in [0, 0.05) is 11.4 Å². The van der Waals surface area contributed by atoms with Crippen molar-refractivity contribution in [1.29, 1.82) is 0 Å². The predicted molar refractivity (Wildman–Crippen MR) is 121 cm³/mol. The van der Waals surface area contributed by atoms with E-state index in [1.807, 2.05) is 18.2 Å². The summed E-state index contributed by atoms with van der Waals surface area (Å²) in [5.41, 5.74) is 2.43. The van der Waals surface area contributed by atoms with Crippen LogP contribution in [-0.4, -0.2) is 42.6 Å². The molecule has 0 spiro atoms. The first-order valence-electron chi connectivity index (χ1n) is 9.50. The van der Waals surface area contributed by atoms with E-state index in [1.165, 1.54) is 16.0 Å². The fourth-order valence-corrected chi connectivity index (χ4v) is 4.36. The lowest BCUT2D eigenvalue weighted by molar-refractivity contribution is 0.311. The van der Waals surface area contributed by atoms with Gasteiger partial charge in [-0.25, -0.2) is 9.97 Å². The Kier molecular flexibility index (Phi) is 5.74. The van der Waals surface area contributed by atoms with Crippen molar-refractivity contribution in [2.45, 2.75) is 6.04 Å². The molecule has 1 atom stereocenters. The van der Waals surface area contributed by atoms with E-state index in [1.54, 1.807) is 24.8 Å². The van der Waals surface area contributed by atoms with Crippen molar-refractivity contribution in [3.8, 4) is 16.2 Å². The van der Waals surface area contributed by atoms with E-state index in [9.17, 15) is 0 Å². The second-order valence-electron chi connectivity index (χ2n) is 7.05. The molecule has 2 aromatic heterocycles. The maximum atomic E-state index is 5.28. The number of methoxy groups -OCH3 is 1. The van der Waals surface area contributed by atoms with Gasteiger partial charge in [-0.05, 0) is 43.4 Å². The van der Waals surface area contributed by atoms with Gasteiger partial charge in [0.1, 0.15) is 22.7 Å². The number of aromatic nitrogens is 2. The van der Waals surface area contributed by atoms with Crippen LogP contribution in [0.5, 0.6) is 5.75 Å². The zero-order chi connectivity index (χ0) is 20.2. The van der Waals surface area contributed by atoms with Crippen LogP contribution in [0.15, 0.2) is 67.0 Å². The number of nitrogens with zero attached hydrogens (tertiary/aromatic N) is 3. The Morgan fingerprint density at radius 2 is 1.79 bits per heavy atom. The summed E-state index contributed by atoms with van der Waals surface area (Å²) in [6.45, 7) is 0.738. The number of hydrogen-bond acceptors (Lipinski definition) is 6. The van der Waals surface area contributed by atoms with Gasteiger partial charge < -0.3 is 15.0 Å². The maximum absolute atomic E-state index is 5.28. The highest BCUT2D eigenvalue weighted by Crippen LogP contribution is 2.35. The van der Waals surface area contributed by atoms with Crippen LogP contribution in [0.25, 0.3) is 20.7 Å². The zero-order valence-electron chi connectivity index (χ0n) is 16.8. The number of likely N-dealkylation sites (N-methyl/N-ethyl adjacent to an activating group) is 1. The Bertz CT molecular complexity index is 1080.